The first-order valence-corrected chi connectivity index (χ1v) is 22.8. The lowest BCUT2D eigenvalue weighted by Gasteiger charge is -2.21. The summed E-state index contributed by atoms with van der Waals surface area (Å²) in [6, 6.07) is 79.1. The number of fused-ring (bicyclic) bond motifs is 6. The summed E-state index contributed by atoms with van der Waals surface area (Å²) in [7, 11) is 0. The monoisotopic (exact) mass is 834 g/mol. The molecule has 11 aromatic rings. The standard InChI is InChI=1S/C61H42N2S/c1-61(2)54-26-13-11-21-49(54)53-37-43(32-33-55(53)61)47-20-9-10-22-50(47)57-38-56(62-60(63-57)42-18-7-4-8-19-42)46-35-44(41-30-28-40(29-31-41)39-16-5-3-6-17-39)34-45(36-46)48-24-15-25-52-51-23-12-14-27-58(51)64-59(48)52/h3-38H,1-2H3. The summed E-state index contributed by atoms with van der Waals surface area (Å²) >= 11 is 1.86. The Morgan fingerprint density at radius 3 is 1.67 bits per heavy atom. The molecule has 0 radical (unpaired) electrons. The lowest BCUT2D eigenvalue weighted by molar-refractivity contribution is 0.660. The van der Waals surface area contributed by atoms with Gasteiger partial charge in [0.15, 0.2) is 5.82 Å². The van der Waals surface area contributed by atoms with E-state index in [4.69, 9.17) is 9.97 Å². The van der Waals surface area contributed by atoms with Crippen LogP contribution in [0.3, 0.4) is 0 Å². The van der Waals surface area contributed by atoms with Crippen LogP contribution in [0.2, 0.25) is 0 Å². The van der Waals surface area contributed by atoms with Gasteiger partial charge < -0.3 is 0 Å². The van der Waals surface area contributed by atoms with Crippen LogP contribution in [0.1, 0.15) is 25.0 Å². The number of rotatable bonds is 7. The van der Waals surface area contributed by atoms with Gasteiger partial charge in [-0.15, -0.1) is 11.3 Å². The van der Waals surface area contributed by atoms with E-state index in [9.17, 15) is 0 Å². The average molecular weight is 835 g/mol. The Morgan fingerprint density at radius 1 is 0.328 bits per heavy atom. The molecule has 3 heteroatoms. The van der Waals surface area contributed by atoms with Crippen LogP contribution >= 0.6 is 11.3 Å². The van der Waals surface area contributed by atoms with Crippen molar-refractivity contribution in [1.82, 2.24) is 9.97 Å². The zero-order valence-corrected chi connectivity index (χ0v) is 36.4. The average Bonchev–Trinajstić information content (AvgIpc) is 3.86. The maximum atomic E-state index is 5.40. The second kappa shape index (κ2) is 15.3. The Bertz CT molecular complexity index is 3560. The molecule has 0 spiro atoms. The highest BCUT2D eigenvalue weighted by atomic mass is 32.1. The van der Waals surface area contributed by atoms with Gasteiger partial charge in [0.05, 0.1) is 11.4 Å². The molecule has 9 aromatic carbocycles. The molecule has 2 aromatic heterocycles. The first kappa shape index (κ1) is 38.0. The van der Waals surface area contributed by atoms with Crippen LogP contribution in [-0.4, -0.2) is 9.97 Å². The van der Waals surface area contributed by atoms with Gasteiger partial charge in [-0.25, -0.2) is 9.97 Å². The van der Waals surface area contributed by atoms with Gasteiger partial charge in [0.25, 0.3) is 0 Å². The highest BCUT2D eigenvalue weighted by molar-refractivity contribution is 7.26. The van der Waals surface area contributed by atoms with Crippen LogP contribution in [0.4, 0.5) is 0 Å². The largest absolute Gasteiger partial charge is 0.228 e. The van der Waals surface area contributed by atoms with Crippen LogP contribution in [0.15, 0.2) is 218 Å². The third-order valence-electron chi connectivity index (χ3n) is 13.1. The summed E-state index contributed by atoms with van der Waals surface area (Å²) in [6.07, 6.45) is 0. The van der Waals surface area contributed by atoms with E-state index in [0.29, 0.717) is 5.82 Å². The van der Waals surface area contributed by atoms with E-state index in [0.717, 1.165) is 50.3 Å². The minimum atomic E-state index is -0.0596. The van der Waals surface area contributed by atoms with Crippen molar-refractivity contribution < 1.29 is 0 Å². The second-order valence-electron chi connectivity index (χ2n) is 17.3. The Kier molecular flexibility index (Phi) is 9.06. The maximum absolute atomic E-state index is 5.40. The van der Waals surface area contributed by atoms with E-state index in [1.807, 2.05) is 17.4 Å². The van der Waals surface area contributed by atoms with Gasteiger partial charge in [-0.05, 0) is 103 Å². The second-order valence-corrected chi connectivity index (χ2v) is 18.4. The number of hydrogen-bond acceptors (Lipinski definition) is 3. The van der Waals surface area contributed by atoms with Gasteiger partial charge in [-0.1, -0.05) is 196 Å². The molecule has 0 saturated heterocycles. The summed E-state index contributed by atoms with van der Waals surface area (Å²) in [4.78, 5) is 10.8. The minimum Gasteiger partial charge on any atom is -0.228 e. The van der Waals surface area contributed by atoms with Crippen molar-refractivity contribution in [3.8, 4) is 89.5 Å². The van der Waals surface area contributed by atoms with Gasteiger partial charge in [0, 0.05) is 42.3 Å². The molecule has 1 aliphatic rings. The van der Waals surface area contributed by atoms with E-state index in [1.54, 1.807) is 0 Å². The molecule has 2 nitrogen and oxygen atoms in total. The normalized spacial score (nSPS) is 12.7. The lowest BCUT2D eigenvalue weighted by atomic mass is 9.82. The fourth-order valence-corrected chi connectivity index (χ4v) is 11.1. The van der Waals surface area contributed by atoms with Crippen molar-refractivity contribution >= 4 is 31.5 Å². The first-order valence-electron chi connectivity index (χ1n) is 22.0. The summed E-state index contributed by atoms with van der Waals surface area (Å²) in [5.41, 5.74) is 19.5. The van der Waals surface area contributed by atoms with E-state index < -0.39 is 0 Å². The number of aromatic nitrogens is 2. The Labute approximate surface area is 377 Å². The molecule has 0 atom stereocenters. The van der Waals surface area contributed by atoms with Crippen LogP contribution in [0.5, 0.6) is 0 Å². The summed E-state index contributed by atoms with van der Waals surface area (Å²) < 4.78 is 2.58. The molecule has 0 aliphatic heterocycles. The number of nitrogens with zero attached hydrogens (tertiary/aromatic N) is 2. The molecule has 1 aliphatic carbocycles. The Morgan fingerprint density at radius 2 is 0.875 bits per heavy atom. The third-order valence-corrected chi connectivity index (χ3v) is 14.3. The molecule has 0 amide bonds. The molecule has 302 valence electrons. The fraction of sp³-hybridized carbons (Fsp3) is 0.0492. The number of thiophene rings is 1. The van der Waals surface area contributed by atoms with Crippen molar-refractivity contribution in [3.63, 3.8) is 0 Å². The highest BCUT2D eigenvalue weighted by Crippen LogP contribution is 2.50. The third kappa shape index (κ3) is 6.47. The van der Waals surface area contributed by atoms with Gasteiger partial charge >= 0.3 is 0 Å². The lowest BCUT2D eigenvalue weighted by Crippen LogP contribution is -2.14. The Hall–Kier alpha value is -7.72. The summed E-state index contributed by atoms with van der Waals surface area (Å²) in [5.74, 6) is 0.693. The molecular formula is C61H42N2S. The van der Waals surface area contributed by atoms with E-state index in [1.165, 1.54) is 64.7 Å². The van der Waals surface area contributed by atoms with Crippen molar-refractivity contribution in [2.45, 2.75) is 19.3 Å². The molecule has 2 heterocycles. The van der Waals surface area contributed by atoms with E-state index in [2.05, 4.69) is 226 Å². The topological polar surface area (TPSA) is 25.8 Å². The fourth-order valence-electron chi connectivity index (χ4n) is 9.85. The van der Waals surface area contributed by atoms with Crippen LogP contribution in [0.25, 0.3) is 110 Å². The van der Waals surface area contributed by atoms with Crippen LogP contribution < -0.4 is 0 Å². The minimum absolute atomic E-state index is 0.0596. The van der Waals surface area contributed by atoms with Crippen LogP contribution in [0, 0.1) is 0 Å². The summed E-state index contributed by atoms with van der Waals surface area (Å²) in [6.45, 7) is 4.67. The SMILES string of the molecule is CC1(C)c2ccccc2-c2cc(-c3ccccc3-c3cc(-c4cc(-c5ccc(-c6ccccc6)cc5)cc(-c5cccc6c5sc5ccccc56)c4)nc(-c4ccccc4)n3)ccc21. The maximum Gasteiger partial charge on any atom is 0.160 e. The molecule has 12 rings (SSSR count). The van der Waals surface area contributed by atoms with Crippen molar-refractivity contribution in [3.05, 3.63) is 230 Å². The quantitative estimate of drug-likeness (QED) is 0.160. The van der Waals surface area contributed by atoms with Gasteiger partial charge in [-0.3, -0.25) is 0 Å². The molecule has 64 heavy (non-hydrogen) atoms. The van der Waals surface area contributed by atoms with E-state index >= 15 is 0 Å². The van der Waals surface area contributed by atoms with Crippen molar-refractivity contribution in [1.29, 1.82) is 0 Å². The smallest absolute Gasteiger partial charge is 0.160 e. The van der Waals surface area contributed by atoms with E-state index in [-0.39, 0.29) is 5.41 Å². The molecule has 0 saturated carbocycles. The molecule has 0 bridgehead atoms. The molecule has 0 N–H and O–H groups in total. The zero-order valence-electron chi connectivity index (χ0n) is 35.6. The van der Waals surface area contributed by atoms with Crippen LogP contribution in [-0.2, 0) is 5.41 Å². The van der Waals surface area contributed by atoms with Gasteiger partial charge in [0.2, 0.25) is 0 Å². The van der Waals surface area contributed by atoms with Gasteiger partial charge in [0.1, 0.15) is 0 Å². The molecule has 0 unspecified atom stereocenters. The first-order chi connectivity index (χ1) is 31.5. The predicted octanol–water partition coefficient (Wildman–Crippen LogP) is 16.8. The van der Waals surface area contributed by atoms with Crippen molar-refractivity contribution in [2.75, 3.05) is 0 Å². The molecular weight excluding hydrogens is 793 g/mol. The zero-order chi connectivity index (χ0) is 42.8. The predicted molar refractivity (Wildman–Crippen MR) is 271 cm³/mol. The number of hydrogen-bond donors (Lipinski definition) is 0. The Balaban J connectivity index is 1.06. The van der Waals surface area contributed by atoms with Crippen molar-refractivity contribution in [2.24, 2.45) is 0 Å². The highest BCUT2D eigenvalue weighted by Gasteiger charge is 2.35. The van der Waals surface area contributed by atoms with Gasteiger partial charge in [-0.2, -0.15) is 0 Å². The number of benzene rings is 9. The molecule has 0 fully saturated rings. The summed E-state index contributed by atoms with van der Waals surface area (Å²) in [5, 5.41) is 2.57.